The molecular formula is C12H11F4N3. The van der Waals surface area contributed by atoms with Crippen LogP contribution in [-0.2, 0) is 6.18 Å². The highest BCUT2D eigenvalue weighted by atomic mass is 19.4. The maximum atomic E-state index is 13.8. The zero-order valence-corrected chi connectivity index (χ0v) is 10.2. The fourth-order valence-electron chi connectivity index (χ4n) is 1.58. The molecule has 0 bridgehead atoms. The second-order valence-corrected chi connectivity index (χ2v) is 4.38. The van der Waals surface area contributed by atoms with Crippen molar-refractivity contribution in [1.82, 2.24) is 14.8 Å². The van der Waals surface area contributed by atoms with Gasteiger partial charge in [0.15, 0.2) is 0 Å². The summed E-state index contributed by atoms with van der Waals surface area (Å²) in [6, 6.07) is 4.33. The lowest BCUT2D eigenvalue weighted by molar-refractivity contribution is -0.144. The van der Waals surface area contributed by atoms with E-state index in [-0.39, 0.29) is 11.6 Å². The van der Waals surface area contributed by atoms with Crippen molar-refractivity contribution in [2.75, 3.05) is 0 Å². The van der Waals surface area contributed by atoms with E-state index in [4.69, 9.17) is 0 Å². The summed E-state index contributed by atoms with van der Waals surface area (Å²) in [5.41, 5.74) is 0.699. The summed E-state index contributed by atoms with van der Waals surface area (Å²) in [6.45, 7) is 3.79. The van der Waals surface area contributed by atoms with Crippen molar-refractivity contribution < 1.29 is 17.6 Å². The van der Waals surface area contributed by atoms with Crippen LogP contribution in [0.5, 0.6) is 0 Å². The van der Waals surface area contributed by atoms with Crippen molar-refractivity contribution in [3.05, 3.63) is 41.7 Å². The topological polar surface area (TPSA) is 30.7 Å². The van der Waals surface area contributed by atoms with Crippen LogP contribution < -0.4 is 0 Å². The smallest absolute Gasteiger partial charge is 0.217 e. The minimum absolute atomic E-state index is 0.0626. The maximum Gasteiger partial charge on any atom is 0.453 e. The Morgan fingerprint density at radius 1 is 1.21 bits per heavy atom. The number of alkyl halides is 3. The van der Waals surface area contributed by atoms with Crippen LogP contribution in [0.2, 0.25) is 0 Å². The van der Waals surface area contributed by atoms with Crippen LogP contribution in [0.1, 0.15) is 31.2 Å². The van der Waals surface area contributed by atoms with Crippen LogP contribution in [0.25, 0.3) is 5.69 Å². The molecule has 1 heterocycles. The lowest BCUT2D eigenvalue weighted by Crippen LogP contribution is -2.09. The Hall–Kier alpha value is -1.92. The number of aromatic nitrogens is 3. The fraction of sp³-hybridized carbons (Fsp3) is 0.333. The van der Waals surface area contributed by atoms with E-state index in [9.17, 15) is 17.6 Å². The first-order chi connectivity index (χ1) is 8.79. The summed E-state index contributed by atoms with van der Waals surface area (Å²) in [4.78, 5) is 3.12. The Bertz CT molecular complexity index is 587. The van der Waals surface area contributed by atoms with Gasteiger partial charge in [0.05, 0.1) is 0 Å². The van der Waals surface area contributed by atoms with Gasteiger partial charge in [-0.25, -0.2) is 14.1 Å². The number of hydrogen-bond donors (Lipinski definition) is 0. The zero-order chi connectivity index (χ0) is 14.2. The Labute approximate surface area is 106 Å². The quantitative estimate of drug-likeness (QED) is 0.783. The molecule has 0 saturated carbocycles. The maximum absolute atomic E-state index is 13.8. The standard InChI is InChI=1S/C12H11F4N3/c1-7(2)8-3-4-10(9(13)5-8)19-6-17-11(18-19)12(14,15)16/h3-7H,1-2H3. The minimum atomic E-state index is -4.64. The van der Waals surface area contributed by atoms with Gasteiger partial charge in [-0.05, 0) is 23.6 Å². The highest BCUT2D eigenvalue weighted by molar-refractivity contribution is 5.36. The predicted molar refractivity (Wildman–Crippen MR) is 60.4 cm³/mol. The summed E-state index contributed by atoms with van der Waals surface area (Å²) in [7, 11) is 0. The van der Waals surface area contributed by atoms with E-state index in [1.807, 2.05) is 13.8 Å². The molecule has 0 unspecified atom stereocenters. The molecule has 7 heteroatoms. The van der Waals surface area contributed by atoms with Gasteiger partial charge in [0.1, 0.15) is 17.8 Å². The summed E-state index contributed by atoms with van der Waals surface area (Å²) in [6.07, 6.45) is -3.80. The molecule has 0 fully saturated rings. The third-order valence-electron chi connectivity index (χ3n) is 2.63. The van der Waals surface area contributed by atoms with E-state index >= 15 is 0 Å². The number of halogens is 4. The third-order valence-corrected chi connectivity index (χ3v) is 2.63. The van der Waals surface area contributed by atoms with Gasteiger partial charge < -0.3 is 0 Å². The van der Waals surface area contributed by atoms with Gasteiger partial charge in [0.25, 0.3) is 5.82 Å². The zero-order valence-electron chi connectivity index (χ0n) is 10.2. The van der Waals surface area contributed by atoms with Gasteiger partial charge in [0.2, 0.25) is 0 Å². The molecule has 0 saturated heterocycles. The SMILES string of the molecule is CC(C)c1ccc(-n2cnc(C(F)(F)F)n2)c(F)c1. The molecule has 3 nitrogen and oxygen atoms in total. The molecule has 0 amide bonds. The van der Waals surface area contributed by atoms with E-state index in [0.717, 1.165) is 16.6 Å². The molecule has 1 aromatic carbocycles. The second kappa shape index (κ2) is 4.64. The van der Waals surface area contributed by atoms with E-state index in [0.29, 0.717) is 0 Å². The monoisotopic (exact) mass is 273 g/mol. The summed E-state index contributed by atoms with van der Waals surface area (Å²) in [5, 5.41) is 3.23. The molecule has 102 valence electrons. The highest BCUT2D eigenvalue weighted by Crippen LogP contribution is 2.26. The molecule has 2 rings (SSSR count). The minimum Gasteiger partial charge on any atom is -0.217 e. The molecule has 0 aliphatic heterocycles. The first-order valence-electron chi connectivity index (χ1n) is 5.57. The molecule has 0 aliphatic rings. The Kier molecular flexibility index (Phi) is 3.30. The van der Waals surface area contributed by atoms with Crippen LogP contribution in [0, 0.1) is 5.82 Å². The Morgan fingerprint density at radius 2 is 1.89 bits per heavy atom. The molecule has 0 radical (unpaired) electrons. The van der Waals surface area contributed by atoms with Crippen molar-refractivity contribution >= 4 is 0 Å². The van der Waals surface area contributed by atoms with Gasteiger partial charge in [0, 0.05) is 0 Å². The van der Waals surface area contributed by atoms with E-state index in [1.54, 1.807) is 6.07 Å². The summed E-state index contributed by atoms with van der Waals surface area (Å²) < 4.78 is 51.7. The molecule has 0 aliphatic carbocycles. The van der Waals surface area contributed by atoms with Crippen LogP contribution in [-0.4, -0.2) is 14.8 Å². The average Bonchev–Trinajstić information content (AvgIpc) is 2.77. The van der Waals surface area contributed by atoms with Crippen molar-refractivity contribution in [3.8, 4) is 5.69 Å². The molecule has 1 aromatic heterocycles. The average molecular weight is 273 g/mol. The molecule has 19 heavy (non-hydrogen) atoms. The van der Waals surface area contributed by atoms with Crippen LogP contribution in [0.15, 0.2) is 24.5 Å². The van der Waals surface area contributed by atoms with Gasteiger partial charge >= 0.3 is 6.18 Å². The molecule has 2 aromatic rings. The van der Waals surface area contributed by atoms with Crippen molar-refractivity contribution in [1.29, 1.82) is 0 Å². The number of benzene rings is 1. The van der Waals surface area contributed by atoms with E-state index in [1.165, 1.54) is 12.1 Å². The van der Waals surface area contributed by atoms with Crippen molar-refractivity contribution in [2.24, 2.45) is 0 Å². The summed E-state index contributed by atoms with van der Waals surface area (Å²) >= 11 is 0. The number of nitrogens with zero attached hydrogens (tertiary/aromatic N) is 3. The molecule has 0 atom stereocenters. The normalized spacial score (nSPS) is 12.2. The summed E-state index contributed by atoms with van der Waals surface area (Å²) in [5.74, 6) is -1.80. The van der Waals surface area contributed by atoms with E-state index in [2.05, 4.69) is 10.1 Å². The van der Waals surface area contributed by atoms with E-state index < -0.39 is 17.8 Å². The van der Waals surface area contributed by atoms with Gasteiger partial charge in [-0.1, -0.05) is 19.9 Å². The largest absolute Gasteiger partial charge is 0.453 e. The molecular weight excluding hydrogens is 262 g/mol. The van der Waals surface area contributed by atoms with Crippen LogP contribution >= 0.6 is 0 Å². The van der Waals surface area contributed by atoms with Crippen LogP contribution in [0.3, 0.4) is 0 Å². The fourth-order valence-corrected chi connectivity index (χ4v) is 1.58. The number of hydrogen-bond acceptors (Lipinski definition) is 2. The van der Waals surface area contributed by atoms with Crippen molar-refractivity contribution in [3.63, 3.8) is 0 Å². The second-order valence-electron chi connectivity index (χ2n) is 4.38. The van der Waals surface area contributed by atoms with Crippen LogP contribution in [0.4, 0.5) is 17.6 Å². The van der Waals surface area contributed by atoms with Gasteiger partial charge in [-0.15, -0.1) is 5.10 Å². The first kappa shape index (κ1) is 13.5. The van der Waals surface area contributed by atoms with Gasteiger partial charge in [-0.3, -0.25) is 0 Å². The predicted octanol–water partition coefficient (Wildman–Crippen LogP) is 3.55. The Balaban J connectivity index is 2.40. The number of rotatable bonds is 2. The highest BCUT2D eigenvalue weighted by Gasteiger charge is 2.36. The van der Waals surface area contributed by atoms with Gasteiger partial charge in [-0.2, -0.15) is 13.2 Å². The lowest BCUT2D eigenvalue weighted by Gasteiger charge is -2.08. The lowest BCUT2D eigenvalue weighted by atomic mass is 10.0. The van der Waals surface area contributed by atoms with Crippen molar-refractivity contribution in [2.45, 2.75) is 25.9 Å². The molecule has 0 N–H and O–H groups in total. The first-order valence-corrected chi connectivity index (χ1v) is 5.57. The molecule has 0 spiro atoms. The Morgan fingerprint density at radius 3 is 2.37 bits per heavy atom. The third kappa shape index (κ3) is 2.74.